The summed E-state index contributed by atoms with van der Waals surface area (Å²) in [6.45, 7) is 0. The van der Waals surface area contributed by atoms with Gasteiger partial charge in [-0.3, -0.25) is 0 Å². The lowest BCUT2D eigenvalue weighted by atomic mass is 10.2. The normalized spacial score (nSPS) is 10.3. The lowest BCUT2D eigenvalue weighted by Crippen LogP contribution is -2.08. The Kier molecular flexibility index (Phi) is 2.32. The molecule has 2 heterocycles. The predicted molar refractivity (Wildman–Crippen MR) is 57.5 cm³/mol. The van der Waals surface area contributed by atoms with E-state index in [2.05, 4.69) is 9.97 Å². The highest BCUT2D eigenvalue weighted by Crippen LogP contribution is 2.31. The van der Waals surface area contributed by atoms with Crippen molar-refractivity contribution < 1.29 is 14.6 Å². The Morgan fingerprint density at radius 2 is 2.31 bits per heavy atom. The second-order valence-electron chi connectivity index (χ2n) is 3.09. The summed E-state index contributed by atoms with van der Waals surface area (Å²) in [5.41, 5.74) is 5.72. The van der Waals surface area contributed by atoms with E-state index in [-0.39, 0.29) is 17.1 Å². The molecule has 82 valence electrons. The molecule has 6 nitrogen and oxygen atoms in total. The number of aromatic nitrogens is 2. The van der Waals surface area contributed by atoms with Gasteiger partial charge in [0, 0.05) is 6.20 Å². The van der Waals surface area contributed by atoms with Crippen molar-refractivity contribution in [1.29, 1.82) is 0 Å². The maximum Gasteiger partial charge on any atom is 0.356 e. The van der Waals surface area contributed by atoms with Gasteiger partial charge in [0.2, 0.25) is 0 Å². The van der Waals surface area contributed by atoms with Crippen molar-refractivity contribution in [2.75, 3.05) is 12.8 Å². The van der Waals surface area contributed by atoms with Gasteiger partial charge in [-0.05, 0) is 12.1 Å². The van der Waals surface area contributed by atoms with E-state index < -0.39 is 5.97 Å². The molecule has 3 N–H and O–H groups in total. The van der Waals surface area contributed by atoms with E-state index >= 15 is 0 Å². The number of nitrogens with zero attached hydrogens (tertiary/aromatic N) is 2. The van der Waals surface area contributed by atoms with Crippen molar-refractivity contribution in [3.8, 4) is 5.75 Å². The third-order valence-corrected chi connectivity index (χ3v) is 2.16. The van der Waals surface area contributed by atoms with Crippen LogP contribution in [0.2, 0.25) is 0 Å². The highest BCUT2D eigenvalue weighted by Gasteiger charge is 2.18. The Morgan fingerprint density at radius 3 is 2.94 bits per heavy atom. The first-order valence-electron chi connectivity index (χ1n) is 4.46. The molecule has 2 aromatic heterocycles. The topological polar surface area (TPSA) is 98.3 Å². The SMILES string of the molecule is COc1c(N)c(C(=O)O)nc2ncccc12. The fraction of sp³-hybridized carbons (Fsp3) is 0.100. The highest BCUT2D eigenvalue weighted by molar-refractivity contribution is 5.99. The van der Waals surface area contributed by atoms with Crippen molar-refractivity contribution >= 4 is 22.7 Å². The first-order chi connectivity index (χ1) is 7.65. The highest BCUT2D eigenvalue weighted by atomic mass is 16.5. The first-order valence-corrected chi connectivity index (χ1v) is 4.46. The maximum atomic E-state index is 10.9. The smallest absolute Gasteiger partial charge is 0.356 e. The number of ether oxygens (including phenoxy) is 1. The van der Waals surface area contributed by atoms with Crippen LogP contribution in [-0.4, -0.2) is 28.2 Å². The molecule has 0 fully saturated rings. The number of carboxylic acid groups (broad SMARTS) is 1. The molecule has 0 saturated carbocycles. The molecule has 0 spiro atoms. The fourth-order valence-corrected chi connectivity index (χ4v) is 1.46. The van der Waals surface area contributed by atoms with Crippen molar-refractivity contribution in [3.63, 3.8) is 0 Å². The Morgan fingerprint density at radius 1 is 1.56 bits per heavy atom. The number of anilines is 1. The van der Waals surface area contributed by atoms with Crippen LogP contribution in [0.25, 0.3) is 11.0 Å². The number of methoxy groups -OCH3 is 1. The zero-order valence-corrected chi connectivity index (χ0v) is 8.47. The second kappa shape index (κ2) is 3.65. The van der Waals surface area contributed by atoms with Gasteiger partial charge in [0.05, 0.1) is 12.5 Å². The molecular weight excluding hydrogens is 210 g/mol. The van der Waals surface area contributed by atoms with Crippen LogP contribution in [0.4, 0.5) is 5.69 Å². The van der Waals surface area contributed by atoms with E-state index in [1.54, 1.807) is 12.1 Å². The summed E-state index contributed by atoms with van der Waals surface area (Å²) in [5.74, 6) is -0.918. The lowest BCUT2D eigenvalue weighted by Gasteiger charge is -2.09. The zero-order chi connectivity index (χ0) is 11.7. The van der Waals surface area contributed by atoms with E-state index in [1.807, 2.05) is 0 Å². The molecule has 2 aromatic rings. The largest absolute Gasteiger partial charge is 0.494 e. The van der Waals surface area contributed by atoms with Crippen molar-refractivity contribution in [1.82, 2.24) is 9.97 Å². The maximum absolute atomic E-state index is 10.9. The van der Waals surface area contributed by atoms with E-state index in [1.165, 1.54) is 13.3 Å². The van der Waals surface area contributed by atoms with Crippen LogP contribution in [0.1, 0.15) is 10.5 Å². The zero-order valence-electron chi connectivity index (χ0n) is 8.47. The van der Waals surface area contributed by atoms with Gasteiger partial charge in [0.15, 0.2) is 17.1 Å². The van der Waals surface area contributed by atoms with E-state index in [0.29, 0.717) is 11.0 Å². The van der Waals surface area contributed by atoms with Gasteiger partial charge in [0.25, 0.3) is 0 Å². The van der Waals surface area contributed by atoms with E-state index in [0.717, 1.165) is 0 Å². The number of hydrogen-bond acceptors (Lipinski definition) is 5. The minimum absolute atomic E-state index is 0.00972. The van der Waals surface area contributed by atoms with Gasteiger partial charge in [-0.25, -0.2) is 14.8 Å². The average molecular weight is 219 g/mol. The predicted octanol–water partition coefficient (Wildman–Crippen LogP) is 0.919. The van der Waals surface area contributed by atoms with Crippen LogP contribution >= 0.6 is 0 Å². The van der Waals surface area contributed by atoms with Crippen LogP contribution < -0.4 is 10.5 Å². The number of hydrogen-bond donors (Lipinski definition) is 2. The number of aromatic carboxylic acids is 1. The first kappa shape index (κ1) is 10.2. The monoisotopic (exact) mass is 219 g/mol. The van der Waals surface area contributed by atoms with Gasteiger partial charge in [-0.15, -0.1) is 0 Å². The summed E-state index contributed by atoms with van der Waals surface area (Å²) in [5, 5.41) is 9.51. The lowest BCUT2D eigenvalue weighted by molar-refractivity contribution is 0.0692. The van der Waals surface area contributed by atoms with Gasteiger partial charge >= 0.3 is 5.97 Å². The van der Waals surface area contributed by atoms with E-state index in [4.69, 9.17) is 15.6 Å². The van der Waals surface area contributed by atoms with Crippen LogP contribution in [0.3, 0.4) is 0 Å². The Balaban J connectivity index is 2.88. The number of rotatable bonds is 2. The van der Waals surface area contributed by atoms with Gasteiger partial charge in [-0.1, -0.05) is 0 Å². The summed E-state index contributed by atoms with van der Waals surface area (Å²) in [7, 11) is 1.42. The molecule has 2 rings (SSSR count). The molecule has 0 amide bonds. The molecule has 0 aliphatic carbocycles. The third-order valence-electron chi connectivity index (χ3n) is 2.16. The molecular formula is C10H9N3O3. The van der Waals surface area contributed by atoms with Crippen molar-refractivity contribution in [3.05, 3.63) is 24.0 Å². The number of carbonyl (C=O) groups is 1. The fourth-order valence-electron chi connectivity index (χ4n) is 1.46. The van der Waals surface area contributed by atoms with Crippen molar-refractivity contribution in [2.45, 2.75) is 0 Å². The number of nitrogens with two attached hydrogens (primary N) is 1. The molecule has 6 heteroatoms. The Hall–Kier alpha value is -2.37. The summed E-state index contributed by atoms with van der Waals surface area (Å²) in [6, 6.07) is 3.42. The average Bonchev–Trinajstić information content (AvgIpc) is 2.28. The van der Waals surface area contributed by atoms with Crippen molar-refractivity contribution in [2.24, 2.45) is 0 Å². The van der Waals surface area contributed by atoms with Crippen LogP contribution in [0.5, 0.6) is 5.75 Å². The molecule has 0 saturated heterocycles. The molecule has 0 unspecified atom stereocenters. The van der Waals surface area contributed by atoms with E-state index in [9.17, 15) is 4.79 Å². The molecule has 0 aliphatic heterocycles. The number of fused-ring (bicyclic) bond motifs is 1. The van der Waals surface area contributed by atoms with Crippen LogP contribution in [-0.2, 0) is 0 Å². The summed E-state index contributed by atoms with van der Waals surface area (Å²) >= 11 is 0. The minimum atomic E-state index is -1.21. The summed E-state index contributed by atoms with van der Waals surface area (Å²) in [4.78, 5) is 18.7. The van der Waals surface area contributed by atoms with Crippen LogP contribution in [0.15, 0.2) is 18.3 Å². The quantitative estimate of drug-likeness (QED) is 0.779. The summed E-state index contributed by atoms with van der Waals surface area (Å²) < 4.78 is 5.08. The van der Waals surface area contributed by atoms with Gasteiger partial charge < -0.3 is 15.6 Å². The molecule has 0 aliphatic rings. The third kappa shape index (κ3) is 1.40. The molecule has 0 radical (unpaired) electrons. The molecule has 0 bridgehead atoms. The Bertz CT molecular complexity index is 568. The molecule has 0 aromatic carbocycles. The minimum Gasteiger partial charge on any atom is -0.494 e. The van der Waals surface area contributed by atoms with Gasteiger partial charge in [0.1, 0.15) is 5.69 Å². The van der Waals surface area contributed by atoms with Crippen LogP contribution in [0, 0.1) is 0 Å². The standard InChI is InChI=1S/C10H9N3O3/c1-16-8-5-3-2-4-12-9(5)13-7(6(8)11)10(14)15/h2-4H,11H2,1H3,(H,14,15). The molecule has 0 atom stereocenters. The Labute approximate surface area is 90.7 Å². The summed E-state index contributed by atoms with van der Waals surface area (Å²) in [6.07, 6.45) is 1.52. The number of carboxylic acids is 1. The molecule has 16 heavy (non-hydrogen) atoms. The van der Waals surface area contributed by atoms with Gasteiger partial charge in [-0.2, -0.15) is 0 Å². The number of pyridine rings is 2. The number of nitrogen functional groups attached to an aromatic ring is 1. The second-order valence-corrected chi connectivity index (χ2v) is 3.09.